The number of nitrogens with one attached hydrogen (secondary N) is 1. The number of methoxy groups -OCH3 is 1. The second-order valence-electron chi connectivity index (χ2n) is 7.09. The van der Waals surface area contributed by atoms with Gasteiger partial charge in [-0.1, -0.05) is 30.2 Å². The number of benzene rings is 2. The van der Waals surface area contributed by atoms with Crippen molar-refractivity contribution in [2.45, 2.75) is 31.9 Å². The molecule has 1 aliphatic rings. The van der Waals surface area contributed by atoms with Crippen molar-refractivity contribution >= 4 is 23.7 Å². The molecule has 2 aromatic rings. The zero-order valence-electron chi connectivity index (χ0n) is 17.0. The van der Waals surface area contributed by atoms with E-state index in [0.717, 1.165) is 25.8 Å². The van der Waals surface area contributed by atoms with Crippen molar-refractivity contribution < 1.29 is 18.7 Å². The van der Waals surface area contributed by atoms with Crippen molar-refractivity contribution in [3.05, 3.63) is 58.4 Å². The highest BCUT2D eigenvalue weighted by atomic mass is 35.5. The van der Waals surface area contributed by atoms with Gasteiger partial charge in [-0.15, -0.1) is 0 Å². The van der Waals surface area contributed by atoms with E-state index in [0.29, 0.717) is 17.1 Å². The van der Waals surface area contributed by atoms with Gasteiger partial charge in [0.15, 0.2) is 11.5 Å². The highest BCUT2D eigenvalue weighted by Crippen LogP contribution is 2.32. The summed E-state index contributed by atoms with van der Waals surface area (Å²) < 4.78 is 25.3. The molecule has 30 heavy (non-hydrogen) atoms. The van der Waals surface area contributed by atoms with Gasteiger partial charge < -0.3 is 9.47 Å². The van der Waals surface area contributed by atoms with Gasteiger partial charge >= 0.3 is 0 Å². The van der Waals surface area contributed by atoms with Crippen LogP contribution < -0.4 is 14.9 Å². The van der Waals surface area contributed by atoms with Crippen molar-refractivity contribution in [2.24, 2.45) is 5.10 Å². The lowest BCUT2D eigenvalue weighted by Crippen LogP contribution is -2.46. The van der Waals surface area contributed by atoms with Crippen molar-refractivity contribution in [3.63, 3.8) is 0 Å². The lowest BCUT2D eigenvalue weighted by atomic mass is 10.0. The van der Waals surface area contributed by atoms with Gasteiger partial charge in [-0.25, -0.2) is 9.82 Å². The largest absolute Gasteiger partial charge is 0.493 e. The molecule has 0 bridgehead atoms. The van der Waals surface area contributed by atoms with Gasteiger partial charge in [0.2, 0.25) is 0 Å². The molecule has 1 aliphatic heterocycles. The molecule has 1 saturated heterocycles. The molecule has 0 aromatic heterocycles. The van der Waals surface area contributed by atoms with Gasteiger partial charge in [0, 0.05) is 11.1 Å². The number of amides is 1. The Morgan fingerprint density at radius 2 is 2.13 bits per heavy atom. The number of hydrazone groups is 1. The van der Waals surface area contributed by atoms with E-state index in [-0.39, 0.29) is 29.1 Å². The maximum absolute atomic E-state index is 14.1. The van der Waals surface area contributed by atoms with Gasteiger partial charge in [0.05, 0.1) is 24.4 Å². The fourth-order valence-corrected chi connectivity index (χ4v) is 3.63. The molecule has 0 radical (unpaired) electrons. The van der Waals surface area contributed by atoms with Crippen LogP contribution >= 0.6 is 11.6 Å². The summed E-state index contributed by atoms with van der Waals surface area (Å²) >= 11 is 6.08. The minimum atomic E-state index is -0.448. The molecule has 8 heteroatoms. The Balaban J connectivity index is 1.73. The number of nitrogens with zero attached hydrogens (tertiary/aromatic N) is 2. The van der Waals surface area contributed by atoms with Gasteiger partial charge in [-0.05, 0) is 50.7 Å². The molecular formula is C22H25ClFN3O3. The Morgan fingerprint density at radius 1 is 1.33 bits per heavy atom. The average molecular weight is 434 g/mol. The number of carbonyl (C=O) groups excluding carboxylic acids is 1. The molecule has 0 spiro atoms. The summed E-state index contributed by atoms with van der Waals surface area (Å²) in [5.41, 5.74) is 3.43. The van der Waals surface area contributed by atoms with Crippen LogP contribution in [0.5, 0.6) is 11.5 Å². The number of halogens is 2. The maximum Gasteiger partial charge on any atom is 0.257 e. The number of piperidine rings is 1. The Morgan fingerprint density at radius 3 is 2.87 bits per heavy atom. The summed E-state index contributed by atoms with van der Waals surface area (Å²) in [6, 6.07) is 9.56. The third-order valence-corrected chi connectivity index (χ3v) is 5.46. The first-order valence-corrected chi connectivity index (χ1v) is 10.1. The standard InChI is InChI=1S/C22H25ClFN3O3/c1-27-12-4-3-10-19(27)22(28)26-25-13-15-7-5-11-20(29-2)21(15)30-14-16-17(23)8-6-9-18(16)24/h5-9,11,13,19H,3-4,10,12,14H2,1-2H3,(H,26,28)/b25-13-/t19-/m0/s1. The molecule has 1 amide bonds. The minimum Gasteiger partial charge on any atom is -0.493 e. The third kappa shape index (κ3) is 5.29. The number of carbonyl (C=O) groups is 1. The normalized spacial score (nSPS) is 17.1. The third-order valence-electron chi connectivity index (χ3n) is 5.10. The Labute approximate surface area is 180 Å². The Kier molecular flexibility index (Phi) is 7.65. The van der Waals surface area contributed by atoms with Crippen molar-refractivity contribution in [1.82, 2.24) is 10.3 Å². The van der Waals surface area contributed by atoms with Crippen LogP contribution in [-0.2, 0) is 11.4 Å². The van der Waals surface area contributed by atoms with Gasteiger partial charge in [-0.2, -0.15) is 5.10 Å². The summed E-state index contributed by atoms with van der Waals surface area (Å²) in [6.45, 7) is 0.820. The Hall–Kier alpha value is -2.64. The molecule has 3 rings (SSSR count). The fraction of sp³-hybridized carbons (Fsp3) is 0.364. The highest BCUT2D eigenvalue weighted by molar-refractivity contribution is 6.31. The number of hydrogen-bond donors (Lipinski definition) is 1. The number of para-hydroxylation sites is 1. The van der Waals surface area contributed by atoms with Crippen LogP contribution in [0, 0.1) is 5.82 Å². The van der Waals surface area contributed by atoms with Crippen LogP contribution in [0.25, 0.3) is 0 Å². The SMILES string of the molecule is COc1cccc(/C=N\NC(=O)[C@@H]2CCCCN2C)c1OCc1c(F)cccc1Cl. The molecule has 0 aliphatic carbocycles. The smallest absolute Gasteiger partial charge is 0.257 e. The molecule has 1 N–H and O–H groups in total. The van der Waals surface area contributed by atoms with E-state index in [1.165, 1.54) is 25.5 Å². The first-order chi connectivity index (χ1) is 14.5. The second kappa shape index (κ2) is 10.4. The van der Waals surface area contributed by atoms with E-state index in [9.17, 15) is 9.18 Å². The summed E-state index contributed by atoms with van der Waals surface area (Å²) in [7, 11) is 3.45. The van der Waals surface area contributed by atoms with E-state index in [2.05, 4.69) is 10.5 Å². The van der Waals surface area contributed by atoms with Gasteiger partial charge in [-0.3, -0.25) is 9.69 Å². The molecule has 1 atom stereocenters. The van der Waals surface area contributed by atoms with Crippen molar-refractivity contribution in [2.75, 3.05) is 20.7 Å². The molecule has 0 saturated carbocycles. The highest BCUT2D eigenvalue weighted by Gasteiger charge is 2.25. The summed E-state index contributed by atoms with van der Waals surface area (Å²) in [4.78, 5) is 14.4. The van der Waals surface area contributed by atoms with E-state index < -0.39 is 5.82 Å². The van der Waals surface area contributed by atoms with Crippen LogP contribution in [-0.4, -0.2) is 43.8 Å². The lowest BCUT2D eigenvalue weighted by molar-refractivity contribution is -0.126. The number of likely N-dealkylation sites (tertiary alicyclic amines) is 1. The number of ether oxygens (including phenoxy) is 2. The topological polar surface area (TPSA) is 63.2 Å². The zero-order valence-corrected chi connectivity index (χ0v) is 17.8. The quantitative estimate of drug-likeness (QED) is 0.529. The number of rotatable bonds is 7. The molecule has 1 fully saturated rings. The predicted molar refractivity (Wildman–Crippen MR) is 115 cm³/mol. The number of hydrogen-bond acceptors (Lipinski definition) is 5. The Bertz CT molecular complexity index is 902. The van der Waals surface area contributed by atoms with Crippen molar-refractivity contribution in [1.29, 1.82) is 0 Å². The minimum absolute atomic E-state index is 0.0774. The summed E-state index contributed by atoms with van der Waals surface area (Å²) in [6.07, 6.45) is 4.43. The van der Waals surface area contributed by atoms with E-state index >= 15 is 0 Å². The van der Waals surface area contributed by atoms with Gasteiger partial charge in [0.25, 0.3) is 5.91 Å². The number of likely N-dealkylation sites (N-methyl/N-ethyl adjacent to an activating group) is 1. The average Bonchev–Trinajstić information content (AvgIpc) is 2.74. The molecule has 160 valence electrons. The van der Waals surface area contributed by atoms with E-state index in [4.69, 9.17) is 21.1 Å². The lowest BCUT2D eigenvalue weighted by Gasteiger charge is -2.30. The van der Waals surface area contributed by atoms with Crippen LogP contribution in [0.1, 0.15) is 30.4 Å². The monoisotopic (exact) mass is 433 g/mol. The van der Waals surface area contributed by atoms with E-state index in [1.54, 1.807) is 24.3 Å². The van der Waals surface area contributed by atoms with Crippen molar-refractivity contribution in [3.8, 4) is 11.5 Å². The molecule has 2 aromatic carbocycles. The van der Waals surface area contributed by atoms with Crippen LogP contribution in [0.4, 0.5) is 4.39 Å². The molecular weight excluding hydrogens is 409 g/mol. The predicted octanol–water partition coefficient (Wildman–Crippen LogP) is 4.00. The van der Waals surface area contributed by atoms with Crippen LogP contribution in [0.2, 0.25) is 5.02 Å². The van der Waals surface area contributed by atoms with Crippen LogP contribution in [0.15, 0.2) is 41.5 Å². The maximum atomic E-state index is 14.1. The van der Waals surface area contributed by atoms with Gasteiger partial charge in [0.1, 0.15) is 12.4 Å². The first kappa shape index (κ1) is 22.1. The summed E-state index contributed by atoms with van der Waals surface area (Å²) in [5.74, 6) is 0.255. The molecule has 6 nitrogen and oxygen atoms in total. The summed E-state index contributed by atoms with van der Waals surface area (Å²) in [5, 5.41) is 4.37. The molecule has 1 heterocycles. The second-order valence-corrected chi connectivity index (χ2v) is 7.50. The fourth-order valence-electron chi connectivity index (χ4n) is 3.41. The zero-order chi connectivity index (χ0) is 21.5. The van der Waals surface area contributed by atoms with Crippen LogP contribution in [0.3, 0.4) is 0 Å². The van der Waals surface area contributed by atoms with E-state index in [1.807, 2.05) is 11.9 Å². The first-order valence-electron chi connectivity index (χ1n) is 9.77. The molecule has 0 unspecified atom stereocenters.